The van der Waals surface area contributed by atoms with Crippen LogP contribution in [0.15, 0.2) is 18.3 Å². The number of carbonyl (C=O) groups excluding carboxylic acids is 1. The minimum absolute atomic E-state index is 0.139. The fraction of sp³-hybridized carbons (Fsp3) is 0.364. The van der Waals surface area contributed by atoms with Gasteiger partial charge < -0.3 is 10.0 Å². The number of aromatic nitrogens is 1. The van der Waals surface area contributed by atoms with Gasteiger partial charge in [-0.3, -0.25) is 9.78 Å². The van der Waals surface area contributed by atoms with Crippen molar-refractivity contribution in [3.63, 3.8) is 0 Å². The summed E-state index contributed by atoms with van der Waals surface area (Å²) in [5, 5.41) is 9.34. The fourth-order valence-corrected chi connectivity index (χ4v) is 1.62. The number of carboxylic acid groups (broad SMARTS) is 1. The van der Waals surface area contributed by atoms with E-state index in [4.69, 9.17) is 16.7 Å². The number of hydrogen-bond donors (Lipinski definition) is 1. The van der Waals surface area contributed by atoms with Gasteiger partial charge in [0.25, 0.3) is 5.91 Å². The van der Waals surface area contributed by atoms with Crippen LogP contribution in [0.1, 0.15) is 23.8 Å². The summed E-state index contributed by atoms with van der Waals surface area (Å²) in [6, 6.07) is 2.10. The van der Waals surface area contributed by atoms with Gasteiger partial charge in [0, 0.05) is 18.3 Å². The molecule has 1 aromatic heterocycles. The van der Waals surface area contributed by atoms with Crippen LogP contribution >= 0.6 is 11.6 Å². The van der Waals surface area contributed by atoms with Crippen molar-refractivity contribution in [3.8, 4) is 0 Å². The number of rotatable bonds is 4. The van der Waals surface area contributed by atoms with Crippen LogP contribution in [0.4, 0.5) is 0 Å². The van der Waals surface area contributed by atoms with Crippen molar-refractivity contribution in [3.05, 3.63) is 29.0 Å². The molecular formula is C11H13ClN2O3. The first-order valence-corrected chi connectivity index (χ1v) is 5.46. The van der Waals surface area contributed by atoms with Crippen molar-refractivity contribution in [1.82, 2.24) is 9.88 Å². The first-order chi connectivity index (χ1) is 7.97. The molecule has 0 saturated carbocycles. The molecule has 1 rings (SSSR count). The number of carbonyl (C=O) groups is 2. The molecule has 1 heterocycles. The number of likely N-dealkylation sites (N-methyl/N-ethyl adjacent to an activating group) is 1. The Labute approximate surface area is 104 Å². The van der Waals surface area contributed by atoms with Gasteiger partial charge in [-0.05, 0) is 18.6 Å². The molecule has 1 N–H and O–H groups in total. The summed E-state index contributed by atoms with van der Waals surface area (Å²) in [5.74, 6) is -1.49. The molecule has 1 atom stereocenters. The van der Waals surface area contributed by atoms with E-state index in [9.17, 15) is 9.59 Å². The SMILES string of the molecule is CCC(C(=O)O)N(C)C(=O)c1cc(Cl)ccn1. The van der Waals surface area contributed by atoms with Crippen LogP contribution in [0.5, 0.6) is 0 Å². The van der Waals surface area contributed by atoms with Crippen LogP contribution in [-0.4, -0.2) is 40.0 Å². The molecule has 1 amide bonds. The Bertz CT molecular complexity index is 436. The number of hydrogen-bond acceptors (Lipinski definition) is 3. The van der Waals surface area contributed by atoms with E-state index < -0.39 is 17.9 Å². The zero-order chi connectivity index (χ0) is 13.0. The zero-order valence-corrected chi connectivity index (χ0v) is 10.3. The van der Waals surface area contributed by atoms with Crippen molar-refractivity contribution < 1.29 is 14.7 Å². The van der Waals surface area contributed by atoms with Crippen LogP contribution in [0.3, 0.4) is 0 Å². The lowest BCUT2D eigenvalue weighted by atomic mass is 10.2. The predicted molar refractivity (Wildman–Crippen MR) is 63.1 cm³/mol. The van der Waals surface area contributed by atoms with E-state index >= 15 is 0 Å². The van der Waals surface area contributed by atoms with Crippen LogP contribution in [0.25, 0.3) is 0 Å². The number of carboxylic acids is 1. The number of nitrogens with zero attached hydrogens (tertiary/aromatic N) is 2. The highest BCUT2D eigenvalue weighted by Crippen LogP contribution is 2.12. The Balaban J connectivity index is 2.93. The maximum Gasteiger partial charge on any atom is 0.326 e. The van der Waals surface area contributed by atoms with Gasteiger partial charge in [-0.15, -0.1) is 0 Å². The Hall–Kier alpha value is -1.62. The summed E-state index contributed by atoms with van der Waals surface area (Å²) in [6.07, 6.45) is 1.74. The quantitative estimate of drug-likeness (QED) is 0.890. The lowest BCUT2D eigenvalue weighted by Gasteiger charge is -2.23. The Morgan fingerprint density at radius 2 is 2.24 bits per heavy atom. The second-order valence-corrected chi connectivity index (χ2v) is 3.97. The molecule has 92 valence electrons. The van der Waals surface area contributed by atoms with Gasteiger partial charge in [-0.1, -0.05) is 18.5 Å². The predicted octanol–water partition coefficient (Wildman–Crippen LogP) is 1.67. The molecule has 0 bridgehead atoms. The molecule has 0 fully saturated rings. The lowest BCUT2D eigenvalue weighted by molar-refractivity contribution is -0.142. The van der Waals surface area contributed by atoms with Crippen molar-refractivity contribution in [2.45, 2.75) is 19.4 Å². The smallest absolute Gasteiger partial charge is 0.326 e. The summed E-state index contributed by atoms with van der Waals surface area (Å²) in [7, 11) is 1.44. The highest BCUT2D eigenvalue weighted by molar-refractivity contribution is 6.30. The zero-order valence-electron chi connectivity index (χ0n) is 9.55. The molecule has 17 heavy (non-hydrogen) atoms. The second-order valence-electron chi connectivity index (χ2n) is 3.54. The van der Waals surface area contributed by atoms with E-state index in [1.807, 2.05) is 0 Å². The van der Waals surface area contributed by atoms with E-state index in [2.05, 4.69) is 4.98 Å². The Morgan fingerprint density at radius 3 is 2.71 bits per heavy atom. The molecule has 5 nitrogen and oxygen atoms in total. The normalized spacial score (nSPS) is 11.9. The van der Waals surface area contributed by atoms with Crippen molar-refractivity contribution >= 4 is 23.5 Å². The Kier molecular flexibility index (Phi) is 4.45. The maximum absolute atomic E-state index is 11.9. The summed E-state index contributed by atoms with van der Waals surface area (Å²) in [4.78, 5) is 27.9. The summed E-state index contributed by atoms with van der Waals surface area (Å²) in [6.45, 7) is 1.70. The molecule has 0 aliphatic heterocycles. The number of aliphatic carboxylic acids is 1. The third-order valence-corrected chi connectivity index (χ3v) is 2.64. The standard InChI is InChI=1S/C11H13ClN2O3/c1-3-9(11(16)17)14(2)10(15)8-6-7(12)4-5-13-8/h4-6,9H,3H2,1-2H3,(H,16,17). The van der Waals surface area contributed by atoms with Crippen molar-refractivity contribution in [2.24, 2.45) is 0 Å². The molecule has 6 heteroatoms. The van der Waals surface area contributed by atoms with Gasteiger partial charge in [0.2, 0.25) is 0 Å². The fourth-order valence-electron chi connectivity index (χ4n) is 1.46. The third kappa shape index (κ3) is 3.17. The van der Waals surface area contributed by atoms with Crippen LogP contribution in [0.2, 0.25) is 5.02 Å². The third-order valence-electron chi connectivity index (χ3n) is 2.40. The number of pyridine rings is 1. The van der Waals surface area contributed by atoms with Gasteiger partial charge in [0.15, 0.2) is 0 Å². The van der Waals surface area contributed by atoms with Gasteiger partial charge in [-0.2, -0.15) is 0 Å². The topological polar surface area (TPSA) is 70.5 Å². The highest BCUT2D eigenvalue weighted by atomic mass is 35.5. The Morgan fingerprint density at radius 1 is 1.59 bits per heavy atom. The van der Waals surface area contributed by atoms with E-state index in [0.717, 1.165) is 4.90 Å². The molecular weight excluding hydrogens is 244 g/mol. The van der Waals surface area contributed by atoms with Gasteiger partial charge in [-0.25, -0.2) is 4.79 Å². The van der Waals surface area contributed by atoms with Crippen LogP contribution in [0, 0.1) is 0 Å². The van der Waals surface area contributed by atoms with Gasteiger partial charge in [0.1, 0.15) is 11.7 Å². The number of amides is 1. The minimum Gasteiger partial charge on any atom is -0.480 e. The van der Waals surface area contributed by atoms with Crippen molar-refractivity contribution in [2.75, 3.05) is 7.05 Å². The second kappa shape index (κ2) is 5.63. The lowest BCUT2D eigenvalue weighted by Crippen LogP contribution is -2.42. The van der Waals surface area contributed by atoms with Gasteiger partial charge >= 0.3 is 5.97 Å². The van der Waals surface area contributed by atoms with E-state index in [1.54, 1.807) is 13.0 Å². The molecule has 1 aromatic rings. The monoisotopic (exact) mass is 256 g/mol. The first-order valence-electron chi connectivity index (χ1n) is 5.09. The summed E-state index contributed by atoms with van der Waals surface area (Å²) in [5.41, 5.74) is 0.139. The average Bonchev–Trinajstić information content (AvgIpc) is 2.28. The number of halogens is 1. The van der Waals surface area contributed by atoms with Crippen LogP contribution < -0.4 is 0 Å². The maximum atomic E-state index is 11.9. The molecule has 0 aliphatic carbocycles. The molecule has 0 saturated heterocycles. The minimum atomic E-state index is -1.04. The molecule has 0 radical (unpaired) electrons. The summed E-state index contributed by atoms with van der Waals surface area (Å²) < 4.78 is 0. The van der Waals surface area contributed by atoms with Crippen molar-refractivity contribution in [1.29, 1.82) is 0 Å². The molecule has 0 spiro atoms. The first kappa shape index (κ1) is 13.4. The average molecular weight is 257 g/mol. The molecule has 1 unspecified atom stereocenters. The van der Waals surface area contributed by atoms with E-state index in [-0.39, 0.29) is 5.69 Å². The summed E-state index contributed by atoms with van der Waals surface area (Å²) >= 11 is 5.74. The van der Waals surface area contributed by atoms with E-state index in [0.29, 0.717) is 11.4 Å². The molecule has 0 aromatic carbocycles. The highest BCUT2D eigenvalue weighted by Gasteiger charge is 2.26. The van der Waals surface area contributed by atoms with E-state index in [1.165, 1.54) is 19.3 Å². The molecule has 0 aliphatic rings. The largest absolute Gasteiger partial charge is 0.480 e. The van der Waals surface area contributed by atoms with Crippen LogP contribution in [-0.2, 0) is 4.79 Å². The van der Waals surface area contributed by atoms with Gasteiger partial charge in [0.05, 0.1) is 0 Å².